The highest BCUT2D eigenvalue weighted by Crippen LogP contribution is 2.26. The van der Waals surface area contributed by atoms with Crippen molar-refractivity contribution in [1.29, 1.82) is 0 Å². The second kappa shape index (κ2) is 6.76. The van der Waals surface area contributed by atoms with E-state index >= 15 is 0 Å². The topological polar surface area (TPSA) is 52.1 Å². The average Bonchev–Trinajstić information content (AvgIpc) is 2.68. The molecule has 1 aromatic heterocycles. The number of aryl methyl sites for hydroxylation is 1. The van der Waals surface area contributed by atoms with Crippen LogP contribution in [0.3, 0.4) is 0 Å². The van der Waals surface area contributed by atoms with Crippen molar-refractivity contribution in [3.05, 3.63) is 90.5 Å². The Labute approximate surface area is 151 Å². The van der Waals surface area contributed by atoms with E-state index in [0.29, 0.717) is 5.75 Å². The van der Waals surface area contributed by atoms with Crippen LogP contribution < -0.4 is 4.74 Å². The highest BCUT2D eigenvalue weighted by Gasteiger charge is 2.11. The van der Waals surface area contributed by atoms with Crippen molar-refractivity contribution >= 4 is 16.7 Å². The fourth-order valence-electron chi connectivity index (χ4n) is 2.73. The van der Waals surface area contributed by atoms with Crippen molar-refractivity contribution < 1.29 is 9.53 Å². The quantitative estimate of drug-likeness (QED) is 0.396. The highest BCUT2D eigenvalue weighted by molar-refractivity contribution is 5.88. The van der Waals surface area contributed by atoms with Gasteiger partial charge in [-0.2, -0.15) is 0 Å². The molecule has 4 nitrogen and oxygen atoms in total. The van der Waals surface area contributed by atoms with Crippen molar-refractivity contribution in [3.63, 3.8) is 0 Å². The molecule has 0 atom stereocenters. The van der Waals surface area contributed by atoms with Gasteiger partial charge in [0.05, 0.1) is 0 Å². The largest absolute Gasteiger partial charge is 0.421 e. The van der Waals surface area contributed by atoms with Gasteiger partial charge < -0.3 is 4.74 Å². The first kappa shape index (κ1) is 16.0. The summed E-state index contributed by atoms with van der Waals surface area (Å²) >= 11 is 0. The number of fused-ring (bicyclic) bond motifs is 1. The summed E-state index contributed by atoms with van der Waals surface area (Å²) in [5, 5.41) is 2.40. The summed E-state index contributed by atoms with van der Waals surface area (Å²) in [7, 11) is 0. The van der Waals surface area contributed by atoms with E-state index in [9.17, 15) is 4.79 Å². The molecule has 0 amide bonds. The van der Waals surface area contributed by atoms with E-state index in [4.69, 9.17) is 4.74 Å². The summed E-state index contributed by atoms with van der Waals surface area (Å²) in [6.07, 6.45) is 3.18. The Morgan fingerprint density at radius 2 is 1.46 bits per heavy atom. The van der Waals surface area contributed by atoms with Gasteiger partial charge in [0.25, 0.3) is 0 Å². The van der Waals surface area contributed by atoms with E-state index in [0.717, 1.165) is 16.7 Å². The molecule has 126 valence electrons. The van der Waals surface area contributed by atoms with Gasteiger partial charge in [0, 0.05) is 12.4 Å². The van der Waals surface area contributed by atoms with Gasteiger partial charge in [0.15, 0.2) is 0 Å². The van der Waals surface area contributed by atoms with Gasteiger partial charge in [-0.1, -0.05) is 48.5 Å². The number of benzene rings is 3. The number of carbonyl (C=O) groups excluding carboxylic acids is 1. The second-order valence-electron chi connectivity index (χ2n) is 6.06. The maximum atomic E-state index is 12.1. The fourth-order valence-corrected chi connectivity index (χ4v) is 2.73. The number of rotatable bonds is 3. The highest BCUT2D eigenvalue weighted by atomic mass is 16.5. The van der Waals surface area contributed by atoms with E-state index in [1.807, 2.05) is 31.2 Å². The molecule has 0 N–H and O–H groups in total. The predicted octanol–water partition coefficient (Wildman–Crippen LogP) is 4.82. The molecular weight excluding hydrogens is 324 g/mol. The Balaban J connectivity index is 1.54. The SMILES string of the molecule is Cc1cnc(C(=O)Oc2ccc(-c3ccc4ccccc4c3)cc2)nc1. The molecule has 4 aromatic rings. The predicted molar refractivity (Wildman–Crippen MR) is 101 cm³/mol. The minimum Gasteiger partial charge on any atom is -0.421 e. The number of aromatic nitrogens is 2. The van der Waals surface area contributed by atoms with E-state index in [-0.39, 0.29) is 5.82 Å². The number of esters is 1. The number of hydrogen-bond donors (Lipinski definition) is 0. The van der Waals surface area contributed by atoms with Crippen LogP contribution in [-0.4, -0.2) is 15.9 Å². The zero-order valence-electron chi connectivity index (χ0n) is 14.2. The lowest BCUT2D eigenvalue weighted by atomic mass is 10.0. The van der Waals surface area contributed by atoms with E-state index in [2.05, 4.69) is 40.3 Å². The lowest BCUT2D eigenvalue weighted by molar-refractivity contribution is 0.0722. The van der Waals surface area contributed by atoms with Gasteiger partial charge in [-0.25, -0.2) is 14.8 Å². The molecule has 0 bridgehead atoms. The van der Waals surface area contributed by atoms with Crippen LogP contribution in [-0.2, 0) is 0 Å². The molecule has 4 heteroatoms. The van der Waals surface area contributed by atoms with Crippen LogP contribution in [0.5, 0.6) is 5.75 Å². The van der Waals surface area contributed by atoms with Crippen LogP contribution >= 0.6 is 0 Å². The molecule has 0 aliphatic carbocycles. The third-order valence-corrected chi connectivity index (χ3v) is 4.11. The van der Waals surface area contributed by atoms with Gasteiger partial charge >= 0.3 is 5.97 Å². The van der Waals surface area contributed by atoms with Crippen molar-refractivity contribution in [2.75, 3.05) is 0 Å². The molecule has 0 saturated carbocycles. The molecular formula is C22H16N2O2. The van der Waals surface area contributed by atoms with Crippen LogP contribution in [0.4, 0.5) is 0 Å². The van der Waals surface area contributed by atoms with Crippen LogP contribution in [0.15, 0.2) is 79.1 Å². The fraction of sp³-hybridized carbons (Fsp3) is 0.0455. The summed E-state index contributed by atoms with van der Waals surface area (Å²) in [6, 6.07) is 22.0. The zero-order chi connectivity index (χ0) is 17.9. The van der Waals surface area contributed by atoms with Crippen molar-refractivity contribution in [1.82, 2.24) is 9.97 Å². The standard InChI is InChI=1S/C22H16N2O2/c1-15-13-23-21(24-14-15)22(25)26-20-10-8-17(9-11-20)19-7-6-16-4-2-3-5-18(16)12-19/h2-14H,1H3. The first-order valence-electron chi connectivity index (χ1n) is 8.29. The van der Waals surface area contributed by atoms with Crippen molar-refractivity contribution in [3.8, 4) is 16.9 Å². The van der Waals surface area contributed by atoms with Gasteiger partial charge in [0.1, 0.15) is 5.75 Å². The first-order valence-corrected chi connectivity index (χ1v) is 8.29. The van der Waals surface area contributed by atoms with Crippen LogP contribution in [0.2, 0.25) is 0 Å². The Bertz CT molecular complexity index is 1070. The Morgan fingerprint density at radius 3 is 2.19 bits per heavy atom. The lowest BCUT2D eigenvalue weighted by Gasteiger charge is -2.07. The lowest BCUT2D eigenvalue weighted by Crippen LogP contribution is -2.12. The van der Waals surface area contributed by atoms with Crippen molar-refractivity contribution in [2.45, 2.75) is 6.92 Å². The summed E-state index contributed by atoms with van der Waals surface area (Å²) in [5.74, 6) is -0.0543. The Morgan fingerprint density at radius 1 is 0.808 bits per heavy atom. The third kappa shape index (κ3) is 3.30. The molecule has 0 aliphatic rings. The number of hydrogen-bond acceptors (Lipinski definition) is 4. The van der Waals surface area contributed by atoms with Crippen LogP contribution in [0.25, 0.3) is 21.9 Å². The van der Waals surface area contributed by atoms with Gasteiger partial charge in [-0.05, 0) is 52.6 Å². The van der Waals surface area contributed by atoms with Crippen LogP contribution in [0, 0.1) is 6.92 Å². The molecule has 0 fully saturated rings. The maximum absolute atomic E-state index is 12.1. The molecule has 0 saturated heterocycles. The smallest absolute Gasteiger partial charge is 0.381 e. The van der Waals surface area contributed by atoms with Gasteiger partial charge in [-0.3, -0.25) is 0 Å². The molecule has 0 unspecified atom stereocenters. The summed E-state index contributed by atoms with van der Waals surface area (Å²) < 4.78 is 5.34. The molecule has 0 spiro atoms. The van der Waals surface area contributed by atoms with E-state index in [1.54, 1.807) is 24.5 Å². The maximum Gasteiger partial charge on any atom is 0.381 e. The summed E-state index contributed by atoms with van der Waals surface area (Å²) in [4.78, 5) is 20.0. The summed E-state index contributed by atoms with van der Waals surface area (Å²) in [5.41, 5.74) is 3.06. The minimum absolute atomic E-state index is 0.0502. The van der Waals surface area contributed by atoms with Gasteiger partial charge in [-0.15, -0.1) is 0 Å². The molecule has 1 heterocycles. The molecule has 26 heavy (non-hydrogen) atoms. The first-order chi connectivity index (χ1) is 12.7. The number of carbonyl (C=O) groups is 1. The number of nitrogens with zero attached hydrogens (tertiary/aromatic N) is 2. The normalized spacial score (nSPS) is 10.7. The monoisotopic (exact) mass is 340 g/mol. The Kier molecular flexibility index (Phi) is 4.15. The zero-order valence-corrected chi connectivity index (χ0v) is 14.2. The Hall–Kier alpha value is -3.53. The molecule has 4 rings (SSSR count). The minimum atomic E-state index is -0.566. The average molecular weight is 340 g/mol. The van der Waals surface area contributed by atoms with Gasteiger partial charge in [0.2, 0.25) is 5.82 Å². The molecule has 0 aliphatic heterocycles. The third-order valence-electron chi connectivity index (χ3n) is 4.11. The van der Waals surface area contributed by atoms with Crippen molar-refractivity contribution in [2.24, 2.45) is 0 Å². The van der Waals surface area contributed by atoms with E-state index < -0.39 is 5.97 Å². The molecule has 3 aromatic carbocycles. The number of ether oxygens (including phenoxy) is 1. The van der Waals surface area contributed by atoms with Crippen LogP contribution in [0.1, 0.15) is 16.2 Å². The summed E-state index contributed by atoms with van der Waals surface area (Å²) in [6.45, 7) is 1.86. The van der Waals surface area contributed by atoms with E-state index in [1.165, 1.54) is 10.8 Å². The molecule has 0 radical (unpaired) electrons. The second-order valence-corrected chi connectivity index (χ2v) is 6.06.